The Morgan fingerprint density at radius 2 is 2.18 bits per heavy atom. The molecule has 1 aliphatic rings. The molecule has 0 spiro atoms. The maximum Gasteiger partial charge on any atom is 0.237 e. The lowest BCUT2D eigenvalue weighted by Gasteiger charge is -2.18. The van der Waals surface area contributed by atoms with E-state index in [2.05, 4.69) is 10.1 Å². The summed E-state index contributed by atoms with van der Waals surface area (Å²) < 4.78 is 10.5. The molecule has 5 nitrogen and oxygen atoms in total. The summed E-state index contributed by atoms with van der Waals surface area (Å²) >= 11 is 0. The largest absolute Gasteiger partial charge is 0.381 e. The third-order valence-electron chi connectivity index (χ3n) is 3.24. The lowest BCUT2D eigenvalue weighted by atomic mass is 9.99. The molecule has 1 aromatic rings. The number of ketones is 1. The van der Waals surface area contributed by atoms with Gasteiger partial charge in [-0.05, 0) is 26.2 Å². The van der Waals surface area contributed by atoms with Crippen molar-refractivity contribution in [2.45, 2.75) is 44.9 Å². The van der Waals surface area contributed by atoms with E-state index in [1.54, 1.807) is 6.92 Å². The van der Waals surface area contributed by atoms with Crippen LogP contribution in [0, 0.1) is 0 Å². The molecule has 1 atom stereocenters. The first-order valence-electron chi connectivity index (χ1n) is 6.14. The van der Waals surface area contributed by atoms with Gasteiger partial charge in [0.1, 0.15) is 5.78 Å². The van der Waals surface area contributed by atoms with Crippen LogP contribution in [0.3, 0.4) is 0 Å². The van der Waals surface area contributed by atoms with Gasteiger partial charge in [0, 0.05) is 19.1 Å². The van der Waals surface area contributed by atoms with Crippen LogP contribution in [0.4, 0.5) is 0 Å². The molecule has 0 N–H and O–H groups in total. The highest BCUT2D eigenvalue weighted by Gasteiger charge is 2.25. The second-order valence-corrected chi connectivity index (χ2v) is 4.45. The Morgan fingerprint density at radius 3 is 2.76 bits per heavy atom. The topological polar surface area (TPSA) is 65.2 Å². The van der Waals surface area contributed by atoms with Gasteiger partial charge in [-0.15, -0.1) is 0 Å². The maximum absolute atomic E-state index is 11.4. The summed E-state index contributed by atoms with van der Waals surface area (Å²) in [7, 11) is 0. The van der Waals surface area contributed by atoms with E-state index in [0.717, 1.165) is 31.9 Å². The Labute approximate surface area is 101 Å². The molecule has 17 heavy (non-hydrogen) atoms. The third-order valence-corrected chi connectivity index (χ3v) is 3.24. The Balaban J connectivity index is 2.11. The lowest BCUT2D eigenvalue weighted by Crippen LogP contribution is -2.15. The Kier molecular flexibility index (Phi) is 3.89. The molecule has 2 heterocycles. The fourth-order valence-electron chi connectivity index (χ4n) is 2.15. The number of carbonyl (C=O) groups is 1. The van der Waals surface area contributed by atoms with Crippen LogP contribution in [-0.2, 0) is 9.53 Å². The van der Waals surface area contributed by atoms with E-state index in [1.165, 1.54) is 0 Å². The van der Waals surface area contributed by atoms with Crippen LogP contribution in [0.2, 0.25) is 0 Å². The molecule has 1 aliphatic heterocycles. The number of nitrogens with zero attached hydrogens (tertiary/aromatic N) is 2. The van der Waals surface area contributed by atoms with Crippen LogP contribution >= 0.6 is 0 Å². The van der Waals surface area contributed by atoms with Crippen molar-refractivity contribution in [3.05, 3.63) is 11.7 Å². The van der Waals surface area contributed by atoms with Gasteiger partial charge in [-0.1, -0.05) is 12.1 Å². The summed E-state index contributed by atoms with van der Waals surface area (Å²) in [5.74, 6) is 1.32. The van der Waals surface area contributed by atoms with Gasteiger partial charge in [-0.25, -0.2) is 0 Å². The Bertz CT molecular complexity index is 383. The van der Waals surface area contributed by atoms with Crippen LogP contribution in [0.1, 0.15) is 56.7 Å². The average molecular weight is 238 g/mol. The summed E-state index contributed by atoms with van der Waals surface area (Å²) in [6.45, 7) is 5.01. The lowest BCUT2D eigenvalue weighted by molar-refractivity contribution is -0.119. The Hall–Kier alpha value is -1.23. The summed E-state index contributed by atoms with van der Waals surface area (Å²) in [5.41, 5.74) is 0. The summed E-state index contributed by atoms with van der Waals surface area (Å²) in [4.78, 5) is 15.8. The van der Waals surface area contributed by atoms with Gasteiger partial charge in [-0.2, -0.15) is 4.98 Å². The highest BCUT2D eigenvalue weighted by Crippen LogP contribution is 2.26. The van der Waals surface area contributed by atoms with Crippen molar-refractivity contribution in [1.29, 1.82) is 0 Å². The van der Waals surface area contributed by atoms with Crippen molar-refractivity contribution in [2.75, 3.05) is 13.2 Å². The van der Waals surface area contributed by atoms with E-state index in [9.17, 15) is 4.79 Å². The molecule has 2 rings (SSSR count). The van der Waals surface area contributed by atoms with Crippen molar-refractivity contribution in [3.63, 3.8) is 0 Å². The van der Waals surface area contributed by atoms with E-state index < -0.39 is 0 Å². The monoisotopic (exact) mass is 238 g/mol. The molecule has 0 aliphatic carbocycles. The summed E-state index contributed by atoms with van der Waals surface area (Å²) in [6.07, 6.45) is 2.55. The predicted octanol–water partition coefficient (Wildman–Crippen LogP) is 2.05. The molecule has 0 aromatic carbocycles. The van der Waals surface area contributed by atoms with Crippen molar-refractivity contribution in [1.82, 2.24) is 10.1 Å². The quantitative estimate of drug-likeness (QED) is 0.803. The first-order chi connectivity index (χ1) is 8.22. The molecule has 1 unspecified atom stereocenters. The minimum Gasteiger partial charge on any atom is -0.381 e. The minimum atomic E-state index is -0.254. The molecule has 1 aromatic heterocycles. The SMILES string of the molecule is CCC(C(C)=O)c1nc(C2CCOCC2)no1. The van der Waals surface area contributed by atoms with E-state index in [0.29, 0.717) is 18.2 Å². The van der Waals surface area contributed by atoms with Crippen molar-refractivity contribution < 1.29 is 14.1 Å². The van der Waals surface area contributed by atoms with E-state index in [1.807, 2.05) is 6.92 Å². The second-order valence-electron chi connectivity index (χ2n) is 4.45. The molecular formula is C12H18N2O3. The second kappa shape index (κ2) is 5.40. The van der Waals surface area contributed by atoms with Crippen LogP contribution in [0.15, 0.2) is 4.52 Å². The number of hydrogen-bond acceptors (Lipinski definition) is 5. The van der Waals surface area contributed by atoms with Gasteiger partial charge in [-0.3, -0.25) is 4.79 Å². The van der Waals surface area contributed by atoms with E-state index in [4.69, 9.17) is 9.26 Å². The number of ether oxygens (including phenoxy) is 1. The molecule has 0 bridgehead atoms. The zero-order chi connectivity index (χ0) is 12.3. The van der Waals surface area contributed by atoms with Crippen molar-refractivity contribution in [2.24, 2.45) is 0 Å². The zero-order valence-corrected chi connectivity index (χ0v) is 10.3. The maximum atomic E-state index is 11.4. The number of aromatic nitrogens is 2. The van der Waals surface area contributed by atoms with Crippen molar-refractivity contribution in [3.8, 4) is 0 Å². The molecule has 0 saturated carbocycles. The summed E-state index contributed by atoms with van der Waals surface area (Å²) in [5, 5.41) is 4.00. The number of Topliss-reactive ketones (excluding diaryl/α,β-unsaturated/α-hetero) is 1. The van der Waals surface area contributed by atoms with Crippen LogP contribution < -0.4 is 0 Å². The van der Waals surface area contributed by atoms with Crippen LogP contribution in [-0.4, -0.2) is 29.1 Å². The van der Waals surface area contributed by atoms with Crippen molar-refractivity contribution >= 4 is 5.78 Å². The standard InChI is InChI=1S/C12H18N2O3/c1-3-10(8(2)15)12-13-11(14-17-12)9-4-6-16-7-5-9/h9-10H,3-7H2,1-2H3. The fraction of sp³-hybridized carbons (Fsp3) is 0.750. The average Bonchev–Trinajstić information content (AvgIpc) is 2.80. The highest BCUT2D eigenvalue weighted by molar-refractivity contribution is 5.82. The molecular weight excluding hydrogens is 220 g/mol. The number of carbonyl (C=O) groups excluding carboxylic acids is 1. The fourth-order valence-corrected chi connectivity index (χ4v) is 2.15. The normalized spacial score (nSPS) is 19.2. The third kappa shape index (κ3) is 2.72. The van der Waals surface area contributed by atoms with Gasteiger partial charge in [0.05, 0.1) is 5.92 Å². The van der Waals surface area contributed by atoms with Gasteiger partial charge in [0.15, 0.2) is 5.82 Å². The van der Waals surface area contributed by atoms with Crippen LogP contribution in [0.5, 0.6) is 0 Å². The first-order valence-corrected chi connectivity index (χ1v) is 6.14. The molecule has 5 heteroatoms. The first kappa shape index (κ1) is 12.2. The van der Waals surface area contributed by atoms with E-state index in [-0.39, 0.29) is 11.7 Å². The number of rotatable bonds is 4. The van der Waals surface area contributed by atoms with Gasteiger partial charge >= 0.3 is 0 Å². The minimum absolute atomic E-state index is 0.0784. The molecule has 0 radical (unpaired) electrons. The molecule has 0 amide bonds. The summed E-state index contributed by atoms with van der Waals surface area (Å²) in [6, 6.07) is 0. The molecule has 1 fully saturated rings. The zero-order valence-electron chi connectivity index (χ0n) is 10.3. The highest BCUT2D eigenvalue weighted by atomic mass is 16.5. The predicted molar refractivity (Wildman–Crippen MR) is 60.8 cm³/mol. The molecule has 94 valence electrons. The Morgan fingerprint density at radius 1 is 1.47 bits per heavy atom. The molecule has 1 saturated heterocycles. The van der Waals surface area contributed by atoms with Gasteiger partial charge in [0.25, 0.3) is 0 Å². The number of hydrogen-bond donors (Lipinski definition) is 0. The van der Waals surface area contributed by atoms with E-state index >= 15 is 0 Å². The smallest absolute Gasteiger partial charge is 0.237 e. The van der Waals surface area contributed by atoms with Crippen LogP contribution in [0.25, 0.3) is 0 Å². The van der Waals surface area contributed by atoms with Gasteiger partial charge < -0.3 is 9.26 Å². The van der Waals surface area contributed by atoms with Gasteiger partial charge in [0.2, 0.25) is 5.89 Å².